The van der Waals surface area contributed by atoms with Crippen molar-refractivity contribution in [3.05, 3.63) is 24.0 Å². The second kappa shape index (κ2) is 1.69. The minimum atomic E-state index is -0.953. The van der Waals surface area contributed by atoms with Gasteiger partial charge >= 0.3 is 5.97 Å². The van der Waals surface area contributed by atoms with Gasteiger partial charge in [0.05, 0.1) is 11.8 Å². The Balaban J connectivity index is 2.93. The highest BCUT2D eigenvalue weighted by atomic mass is 16.4. The number of aromatic amines is 1. The lowest BCUT2D eigenvalue weighted by Gasteiger charge is -1.77. The fraction of sp³-hybridized carbons (Fsp3) is 0. The third kappa shape index (κ3) is 0.703. The molecule has 0 atom stereocenters. The molecule has 0 saturated heterocycles. The van der Waals surface area contributed by atoms with Crippen LogP contribution in [0.4, 0.5) is 0 Å². The molecular formula is C5H4NO2. The van der Waals surface area contributed by atoms with Crippen LogP contribution >= 0.6 is 0 Å². The van der Waals surface area contributed by atoms with E-state index in [1.807, 2.05) is 0 Å². The predicted octanol–water partition coefficient (Wildman–Crippen LogP) is 0.513. The van der Waals surface area contributed by atoms with E-state index in [2.05, 4.69) is 11.2 Å². The first-order valence-corrected chi connectivity index (χ1v) is 2.09. The molecule has 0 fully saturated rings. The van der Waals surface area contributed by atoms with Crippen LogP contribution in [0.25, 0.3) is 0 Å². The molecule has 0 aliphatic heterocycles. The molecule has 3 heteroatoms. The Labute approximate surface area is 46.0 Å². The van der Waals surface area contributed by atoms with Crippen molar-refractivity contribution in [3.63, 3.8) is 0 Å². The van der Waals surface area contributed by atoms with Crippen LogP contribution in [0.5, 0.6) is 0 Å². The number of nitrogens with one attached hydrogen (secondary N) is 1. The maximum atomic E-state index is 10.0. The van der Waals surface area contributed by atoms with Crippen molar-refractivity contribution < 1.29 is 9.90 Å². The third-order valence-corrected chi connectivity index (χ3v) is 0.771. The number of hydrogen-bond donors (Lipinski definition) is 2. The minimum absolute atomic E-state index is 0.171. The lowest BCUT2D eigenvalue weighted by Crippen LogP contribution is -1.91. The van der Waals surface area contributed by atoms with Crippen molar-refractivity contribution in [2.75, 3.05) is 0 Å². The molecule has 0 aliphatic carbocycles. The molecule has 1 heterocycles. The lowest BCUT2D eigenvalue weighted by atomic mass is 10.4. The molecule has 1 rings (SSSR count). The summed E-state index contributed by atoms with van der Waals surface area (Å²) in [5.74, 6) is -0.953. The summed E-state index contributed by atoms with van der Waals surface area (Å²) in [5, 5.41) is 8.22. The monoisotopic (exact) mass is 110 g/mol. The number of H-pyrrole nitrogens is 1. The van der Waals surface area contributed by atoms with Crippen LogP contribution in [0.2, 0.25) is 0 Å². The average molecular weight is 110 g/mol. The van der Waals surface area contributed by atoms with Crippen molar-refractivity contribution in [2.24, 2.45) is 0 Å². The fourth-order valence-electron chi connectivity index (χ4n) is 0.411. The predicted molar refractivity (Wildman–Crippen MR) is 26.6 cm³/mol. The van der Waals surface area contributed by atoms with Gasteiger partial charge in [-0.15, -0.1) is 0 Å². The first-order chi connectivity index (χ1) is 3.80. The Morgan fingerprint density at radius 1 is 1.88 bits per heavy atom. The maximum absolute atomic E-state index is 10.0. The Bertz CT molecular complexity index is 178. The molecule has 0 spiro atoms. The van der Waals surface area contributed by atoms with Crippen LogP contribution in [0, 0.1) is 6.20 Å². The Kier molecular flexibility index (Phi) is 1.04. The molecule has 0 bridgehead atoms. The van der Waals surface area contributed by atoms with E-state index in [-0.39, 0.29) is 5.56 Å². The highest BCUT2D eigenvalue weighted by Gasteiger charge is 1.99. The normalized spacial score (nSPS) is 9.00. The molecule has 1 aromatic heterocycles. The van der Waals surface area contributed by atoms with Gasteiger partial charge < -0.3 is 10.1 Å². The van der Waals surface area contributed by atoms with Gasteiger partial charge in [-0.3, -0.25) is 0 Å². The summed E-state index contributed by atoms with van der Waals surface area (Å²) in [7, 11) is 0. The van der Waals surface area contributed by atoms with Crippen LogP contribution < -0.4 is 0 Å². The van der Waals surface area contributed by atoms with E-state index in [0.717, 1.165) is 0 Å². The van der Waals surface area contributed by atoms with Gasteiger partial charge in [0.2, 0.25) is 0 Å². The number of aromatic carboxylic acids is 1. The summed E-state index contributed by atoms with van der Waals surface area (Å²) in [4.78, 5) is 12.5. The standard InChI is InChI=1S/C5H4NO2/c7-5(8)4-1-2-6-3-4/h1-2,6H,(H,7,8). The summed E-state index contributed by atoms with van der Waals surface area (Å²) in [5.41, 5.74) is 0.171. The van der Waals surface area contributed by atoms with Crippen LogP contribution in [0.15, 0.2) is 12.3 Å². The summed E-state index contributed by atoms with van der Waals surface area (Å²) in [6.45, 7) is 0. The number of carboxylic acid groups (broad SMARTS) is 1. The van der Waals surface area contributed by atoms with E-state index in [1.165, 1.54) is 12.3 Å². The number of carboxylic acids is 1. The summed E-state index contributed by atoms with van der Waals surface area (Å²) in [6.07, 6.45) is 3.93. The Morgan fingerprint density at radius 2 is 2.62 bits per heavy atom. The summed E-state index contributed by atoms with van der Waals surface area (Å²) >= 11 is 0. The molecule has 2 N–H and O–H groups in total. The SMILES string of the molecule is O=C(O)c1[c][nH]cc1. The molecule has 0 amide bonds. The van der Waals surface area contributed by atoms with Gasteiger partial charge in [-0.2, -0.15) is 0 Å². The van der Waals surface area contributed by atoms with Gasteiger partial charge in [0.1, 0.15) is 0 Å². The van der Waals surface area contributed by atoms with Gasteiger partial charge in [-0.25, -0.2) is 4.79 Å². The van der Waals surface area contributed by atoms with E-state index < -0.39 is 5.97 Å². The van der Waals surface area contributed by atoms with Gasteiger partial charge in [0.25, 0.3) is 0 Å². The molecular weight excluding hydrogens is 106 g/mol. The van der Waals surface area contributed by atoms with Crippen LogP contribution in [-0.2, 0) is 0 Å². The highest BCUT2D eigenvalue weighted by molar-refractivity contribution is 5.86. The van der Waals surface area contributed by atoms with E-state index in [1.54, 1.807) is 0 Å². The lowest BCUT2D eigenvalue weighted by molar-refractivity contribution is 0.0697. The molecule has 41 valence electrons. The molecule has 0 aromatic carbocycles. The topological polar surface area (TPSA) is 53.1 Å². The van der Waals surface area contributed by atoms with Crippen LogP contribution in [-0.4, -0.2) is 16.1 Å². The Hall–Kier alpha value is -1.25. The van der Waals surface area contributed by atoms with Crippen LogP contribution in [0.3, 0.4) is 0 Å². The second-order valence-corrected chi connectivity index (χ2v) is 1.32. The van der Waals surface area contributed by atoms with Gasteiger partial charge in [0.15, 0.2) is 0 Å². The number of aromatic nitrogens is 1. The maximum Gasteiger partial charge on any atom is 0.337 e. The van der Waals surface area contributed by atoms with Crippen molar-refractivity contribution in [1.29, 1.82) is 0 Å². The minimum Gasteiger partial charge on any atom is -0.478 e. The summed E-state index contributed by atoms with van der Waals surface area (Å²) < 4.78 is 0. The molecule has 0 unspecified atom stereocenters. The van der Waals surface area contributed by atoms with Crippen molar-refractivity contribution >= 4 is 5.97 Å². The van der Waals surface area contributed by atoms with Gasteiger partial charge in [0, 0.05) is 6.20 Å². The molecule has 0 aliphatic rings. The van der Waals surface area contributed by atoms with Crippen molar-refractivity contribution in [1.82, 2.24) is 4.98 Å². The van der Waals surface area contributed by atoms with E-state index in [9.17, 15) is 4.79 Å². The van der Waals surface area contributed by atoms with Crippen molar-refractivity contribution in [2.45, 2.75) is 0 Å². The van der Waals surface area contributed by atoms with Gasteiger partial charge in [-0.05, 0) is 6.07 Å². The zero-order chi connectivity index (χ0) is 5.98. The average Bonchev–Trinajstić information content (AvgIpc) is 2.12. The smallest absolute Gasteiger partial charge is 0.337 e. The molecule has 3 nitrogen and oxygen atoms in total. The van der Waals surface area contributed by atoms with E-state index in [0.29, 0.717) is 0 Å². The molecule has 0 saturated carbocycles. The van der Waals surface area contributed by atoms with E-state index >= 15 is 0 Å². The second-order valence-electron chi connectivity index (χ2n) is 1.32. The molecule has 1 aromatic rings. The number of rotatable bonds is 1. The first kappa shape index (κ1) is 4.90. The van der Waals surface area contributed by atoms with Crippen molar-refractivity contribution in [3.8, 4) is 0 Å². The molecule has 8 heavy (non-hydrogen) atoms. The van der Waals surface area contributed by atoms with Crippen LogP contribution in [0.1, 0.15) is 10.4 Å². The third-order valence-electron chi connectivity index (χ3n) is 0.771. The number of hydrogen-bond acceptors (Lipinski definition) is 1. The highest BCUT2D eigenvalue weighted by Crippen LogP contribution is 1.92. The van der Waals surface area contributed by atoms with E-state index in [4.69, 9.17) is 5.11 Å². The molecule has 1 radical (unpaired) electrons. The largest absolute Gasteiger partial charge is 0.478 e. The fourth-order valence-corrected chi connectivity index (χ4v) is 0.411. The number of carbonyl (C=O) groups is 1. The Morgan fingerprint density at radius 3 is 2.88 bits per heavy atom. The van der Waals surface area contributed by atoms with Gasteiger partial charge in [-0.1, -0.05) is 0 Å². The first-order valence-electron chi connectivity index (χ1n) is 2.09. The quantitative estimate of drug-likeness (QED) is 0.553. The summed E-state index contributed by atoms with van der Waals surface area (Å²) in [6, 6.07) is 1.45. The zero-order valence-corrected chi connectivity index (χ0v) is 4.01. The zero-order valence-electron chi connectivity index (χ0n) is 4.01.